The van der Waals surface area contributed by atoms with Crippen LogP contribution in [0, 0.1) is 27.7 Å². The van der Waals surface area contributed by atoms with Crippen molar-refractivity contribution in [3.05, 3.63) is 119 Å². The molecule has 0 fully saturated rings. The van der Waals surface area contributed by atoms with E-state index in [2.05, 4.69) is 21.3 Å². The second-order valence-electron chi connectivity index (χ2n) is 13.7. The minimum absolute atomic E-state index is 0.0358. The van der Waals surface area contributed by atoms with Gasteiger partial charge in [-0.1, -0.05) is 70.8 Å². The van der Waals surface area contributed by atoms with Crippen molar-refractivity contribution in [2.45, 2.75) is 65.5 Å². The Morgan fingerprint density at radius 1 is 0.417 bits per heavy atom. The zero-order chi connectivity index (χ0) is 43.3. The Labute approximate surface area is 348 Å². The predicted molar refractivity (Wildman–Crippen MR) is 219 cm³/mol. The maximum absolute atomic E-state index is 13.2. The van der Waals surface area contributed by atoms with Crippen LogP contribution in [0.5, 0.6) is 23.0 Å². The molecule has 0 aliphatic rings. The number of nitrogens with one attached hydrogen (secondary N) is 4. The van der Waals surface area contributed by atoms with Gasteiger partial charge in [0.2, 0.25) is 0 Å². The normalized spacial score (nSPS) is 11.5. The summed E-state index contributed by atoms with van der Waals surface area (Å²) in [5.74, 6) is -0.484. The molecule has 318 valence electrons. The van der Waals surface area contributed by atoms with Gasteiger partial charge in [0, 0.05) is 13.1 Å². The van der Waals surface area contributed by atoms with Gasteiger partial charge in [-0.25, -0.2) is 28.8 Å². The van der Waals surface area contributed by atoms with Gasteiger partial charge in [0.1, 0.15) is 48.3 Å². The highest BCUT2D eigenvalue weighted by Gasteiger charge is 2.26. The Morgan fingerprint density at radius 3 is 0.967 bits per heavy atom. The predicted octanol–water partition coefficient (Wildman–Crippen LogP) is 6.76. The summed E-state index contributed by atoms with van der Waals surface area (Å²) in [6, 6.07) is 24.8. The molecule has 4 aromatic carbocycles. The van der Waals surface area contributed by atoms with Gasteiger partial charge in [-0.3, -0.25) is 0 Å². The average molecular weight is 827 g/mol. The molecule has 4 amide bonds. The first kappa shape index (κ1) is 45.6. The third-order valence-corrected chi connectivity index (χ3v) is 8.53. The second-order valence-corrected chi connectivity index (χ2v) is 13.7. The lowest BCUT2D eigenvalue weighted by molar-refractivity contribution is -0.154. The molecule has 60 heavy (non-hydrogen) atoms. The molecule has 4 N–H and O–H groups in total. The third kappa shape index (κ3) is 17.2. The van der Waals surface area contributed by atoms with E-state index in [-0.39, 0.29) is 50.3 Å². The van der Waals surface area contributed by atoms with Gasteiger partial charge in [-0.15, -0.1) is 0 Å². The lowest BCUT2D eigenvalue weighted by Gasteiger charge is -2.19. The first-order valence-corrected chi connectivity index (χ1v) is 19.3. The van der Waals surface area contributed by atoms with Crippen LogP contribution in [0.25, 0.3) is 0 Å². The van der Waals surface area contributed by atoms with E-state index in [4.69, 9.17) is 28.4 Å². The fourth-order valence-electron chi connectivity index (χ4n) is 5.25. The molecule has 0 aromatic heterocycles. The average Bonchev–Trinajstić information content (AvgIpc) is 3.22. The largest absolute Gasteiger partial charge is 0.461 e. The molecule has 0 spiro atoms. The Morgan fingerprint density at radius 2 is 0.683 bits per heavy atom. The molecule has 4 aromatic rings. The molecule has 0 bridgehead atoms. The van der Waals surface area contributed by atoms with E-state index in [1.165, 1.54) is 0 Å². The number of carbonyl (C=O) groups is 6. The highest BCUT2D eigenvalue weighted by atomic mass is 16.6. The summed E-state index contributed by atoms with van der Waals surface area (Å²) in [5.41, 5.74) is 3.92. The molecule has 0 radical (unpaired) electrons. The van der Waals surface area contributed by atoms with Crippen LogP contribution in [0.15, 0.2) is 97.1 Å². The zero-order valence-electron chi connectivity index (χ0n) is 33.9. The molecular weight excluding hydrogens is 776 g/mol. The van der Waals surface area contributed by atoms with Crippen molar-refractivity contribution < 1.29 is 57.2 Å². The Bertz CT molecular complexity index is 1880. The quantitative estimate of drug-likeness (QED) is 0.0572. The van der Waals surface area contributed by atoms with Crippen LogP contribution < -0.4 is 40.2 Å². The number of esters is 2. The topological polar surface area (TPSA) is 206 Å². The number of hydrogen-bond acceptors (Lipinski definition) is 12. The van der Waals surface area contributed by atoms with E-state index in [0.717, 1.165) is 22.3 Å². The van der Waals surface area contributed by atoms with E-state index >= 15 is 0 Å². The molecule has 2 atom stereocenters. The van der Waals surface area contributed by atoms with Crippen LogP contribution in [0.2, 0.25) is 0 Å². The SMILES string of the molecule is Cc1ccc(OC(=O)NCCCC(NC(=O)Oc2ccc(C)cc2)C(=O)OCCOC(=O)C(CCCNC(=O)Oc2ccc(C)cc2)NC(=O)Oc2ccc(C)cc2)cc1. The van der Waals surface area contributed by atoms with Gasteiger partial charge in [0.05, 0.1) is 0 Å². The van der Waals surface area contributed by atoms with Gasteiger partial charge < -0.3 is 49.7 Å². The van der Waals surface area contributed by atoms with Crippen LogP contribution >= 0.6 is 0 Å². The molecule has 0 aliphatic carbocycles. The van der Waals surface area contributed by atoms with E-state index in [1.807, 2.05) is 27.7 Å². The maximum Gasteiger partial charge on any atom is 0.413 e. The van der Waals surface area contributed by atoms with Crippen LogP contribution in [0.4, 0.5) is 19.2 Å². The molecular formula is C44H50N4O12. The fraction of sp³-hybridized carbons (Fsp3) is 0.318. The van der Waals surface area contributed by atoms with Gasteiger partial charge in [0.25, 0.3) is 0 Å². The summed E-state index contributed by atoms with van der Waals surface area (Å²) in [6.07, 6.45) is -2.69. The minimum atomic E-state index is -1.20. The lowest BCUT2D eigenvalue weighted by atomic mass is 10.1. The number of benzene rings is 4. The van der Waals surface area contributed by atoms with Crippen molar-refractivity contribution in [1.29, 1.82) is 0 Å². The number of amides is 4. The summed E-state index contributed by atoms with van der Waals surface area (Å²) in [7, 11) is 0. The molecule has 2 unspecified atom stereocenters. The van der Waals surface area contributed by atoms with Crippen molar-refractivity contribution in [2.75, 3.05) is 26.3 Å². The van der Waals surface area contributed by atoms with Gasteiger partial charge in [-0.2, -0.15) is 0 Å². The summed E-state index contributed by atoms with van der Waals surface area (Å²) >= 11 is 0. The molecule has 16 nitrogen and oxygen atoms in total. The van der Waals surface area contributed by atoms with E-state index in [1.54, 1.807) is 97.1 Å². The number of ether oxygens (including phenoxy) is 6. The first-order chi connectivity index (χ1) is 28.8. The van der Waals surface area contributed by atoms with Crippen molar-refractivity contribution in [3.8, 4) is 23.0 Å². The number of hydrogen-bond donors (Lipinski definition) is 4. The van der Waals surface area contributed by atoms with Crippen molar-refractivity contribution >= 4 is 36.3 Å². The van der Waals surface area contributed by atoms with E-state index in [9.17, 15) is 28.8 Å². The van der Waals surface area contributed by atoms with E-state index < -0.39 is 61.6 Å². The minimum Gasteiger partial charge on any atom is -0.461 e. The summed E-state index contributed by atoms with van der Waals surface area (Å²) in [6.45, 7) is 6.97. The Kier molecular flexibility index (Phi) is 18.2. The molecule has 0 saturated heterocycles. The van der Waals surface area contributed by atoms with E-state index in [0.29, 0.717) is 11.5 Å². The molecule has 0 aliphatic heterocycles. The Balaban J connectivity index is 1.28. The molecule has 0 heterocycles. The van der Waals surface area contributed by atoms with Crippen molar-refractivity contribution in [1.82, 2.24) is 21.3 Å². The number of carbonyl (C=O) groups excluding carboxylic acids is 6. The first-order valence-electron chi connectivity index (χ1n) is 19.3. The van der Waals surface area contributed by atoms with Crippen LogP contribution in [-0.2, 0) is 19.1 Å². The smallest absolute Gasteiger partial charge is 0.413 e. The monoisotopic (exact) mass is 826 g/mol. The highest BCUT2D eigenvalue weighted by molar-refractivity contribution is 5.83. The summed E-state index contributed by atoms with van der Waals surface area (Å²) < 4.78 is 31.8. The van der Waals surface area contributed by atoms with Gasteiger partial charge in [-0.05, 0) is 102 Å². The number of aryl methyl sites for hydroxylation is 4. The van der Waals surface area contributed by atoms with Gasteiger partial charge in [0.15, 0.2) is 0 Å². The van der Waals surface area contributed by atoms with Crippen LogP contribution in [0.1, 0.15) is 47.9 Å². The summed E-state index contributed by atoms with van der Waals surface area (Å²) in [4.78, 5) is 76.4. The van der Waals surface area contributed by atoms with Gasteiger partial charge >= 0.3 is 36.3 Å². The van der Waals surface area contributed by atoms with Crippen molar-refractivity contribution in [3.63, 3.8) is 0 Å². The Hall–Kier alpha value is -7.10. The third-order valence-electron chi connectivity index (χ3n) is 8.53. The molecule has 16 heteroatoms. The summed E-state index contributed by atoms with van der Waals surface area (Å²) in [5, 5.41) is 10.2. The molecule has 0 saturated carbocycles. The maximum atomic E-state index is 13.2. The zero-order valence-corrected chi connectivity index (χ0v) is 33.9. The second kappa shape index (κ2) is 24.0. The highest BCUT2D eigenvalue weighted by Crippen LogP contribution is 2.15. The molecule has 4 rings (SSSR count). The van der Waals surface area contributed by atoms with Crippen LogP contribution in [0.3, 0.4) is 0 Å². The lowest BCUT2D eigenvalue weighted by Crippen LogP contribution is -2.45. The van der Waals surface area contributed by atoms with Crippen molar-refractivity contribution in [2.24, 2.45) is 0 Å². The fourth-order valence-corrected chi connectivity index (χ4v) is 5.25. The van der Waals surface area contributed by atoms with Crippen LogP contribution in [-0.4, -0.2) is 74.7 Å². The standard InChI is InChI=1S/C44H50N4O12/c1-29-9-17-33(18-10-29)57-41(51)45-25-5-7-37(47-43(53)59-35-21-13-31(3)14-22-35)39(49)55-27-28-56-40(50)38(48-44(54)60-36-23-15-32(4)16-24-36)8-6-26-46-42(52)58-34-19-11-30(2)12-20-34/h9-24,37-38H,5-8,25-28H2,1-4H3,(H,45,51)(H,46,52)(H,47,53)(H,48,54). The number of rotatable bonds is 19.